The van der Waals surface area contributed by atoms with Crippen LogP contribution in [0.2, 0.25) is 0 Å². The van der Waals surface area contributed by atoms with E-state index in [1.807, 2.05) is 19.1 Å². The molecule has 1 aliphatic carbocycles. The largest absolute Gasteiger partial charge is 0.497 e. The van der Waals surface area contributed by atoms with Gasteiger partial charge in [0.1, 0.15) is 5.75 Å². The van der Waals surface area contributed by atoms with Crippen molar-refractivity contribution in [1.82, 2.24) is 16.0 Å². The molecular weight excluding hydrogens is 479 g/mol. The summed E-state index contributed by atoms with van der Waals surface area (Å²) in [5.41, 5.74) is 1.29. The molecule has 0 saturated heterocycles. The molecule has 29 heavy (non-hydrogen) atoms. The van der Waals surface area contributed by atoms with Crippen molar-refractivity contribution in [3.05, 3.63) is 29.8 Å². The van der Waals surface area contributed by atoms with E-state index < -0.39 is 0 Å². The van der Waals surface area contributed by atoms with Crippen molar-refractivity contribution in [2.75, 3.05) is 26.7 Å². The number of ether oxygens (including phenoxy) is 1. The first-order valence-corrected chi connectivity index (χ1v) is 10.6. The molecule has 1 atom stereocenters. The summed E-state index contributed by atoms with van der Waals surface area (Å²) >= 11 is 0. The summed E-state index contributed by atoms with van der Waals surface area (Å²) in [5, 5.41) is 9.64. The molecule has 1 saturated carbocycles. The molecule has 6 nitrogen and oxygen atoms in total. The molecule has 0 spiro atoms. The Morgan fingerprint density at radius 1 is 1.21 bits per heavy atom. The Labute approximate surface area is 192 Å². The number of carbonyl (C=O) groups is 1. The molecule has 1 aromatic rings. The third-order valence-electron chi connectivity index (χ3n) is 5.23. The smallest absolute Gasteiger partial charge is 0.221 e. The summed E-state index contributed by atoms with van der Waals surface area (Å²) in [6, 6.07) is 8.60. The van der Waals surface area contributed by atoms with E-state index in [0.717, 1.165) is 44.1 Å². The lowest BCUT2D eigenvalue weighted by Crippen LogP contribution is -2.40. The third kappa shape index (κ3) is 9.69. The van der Waals surface area contributed by atoms with Gasteiger partial charge in [0.05, 0.1) is 7.11 Å². The van der Waals surface area contributed by atoms with Gasteiger partial charge in [0.2, 0.25) is 5.91 Å². The maximum absolute atomic E-state index is 12.0. The summed E-state index contributed by atoms with van der Waals surface area (Å²) in [4.78, 5) is 16.7. The predicted octanol–water partition coefficient (Wildman–Crippen LogP) is 3.81. The Bertz CT molecular complexity index is 616. The maximum atomic E-state index is 12.0. The van der Waals surface area contributed by atoms with Gasteiger partial charge in [-0.2, -0.15) is 0 Å². The molecular formula is C22H37IN4O2. The summed E-state index contributed by atoms with van der Waals surface area (Å²) in [6.45, 7) is 6.39. The Morgan fingerprint density at radius 3 is 2.52 bits per heavy atom. The normalized spacial score (nSPS) is 15.3. The summed E-state index contributed by atoms with van der Waals surface area (Å²) in [6.07, 6.45) is 6.14. The fourth-order valence-electron chi connectivity index (χ4n) is 3.48. The van der Waals surface area contributed by atoms with Crippen molar-refractivity contribution < 1.29 is 9.53 Å². The summed E-state index contributed by atoms with van der Waals surface area (Å²) in [7, 11) is 1.68. The number of aliphatic imine (C=N–C) groups is 1. The minimum Gasteiger partial charge on any atom is -0.497 e. The number of rotatable bonds is 10. The van der Waals surface area contributed by atoms with E-state index in [2.05, 4.69) is 40.0 Å². The zero-order valence-corrected chi connectivity index (χ0v) is 20.3. The molecule has 0 aliphatic heterocycles. The van der Waals surface area contributed by atoms with Crippen LogP contribution in [0.3, 0.4) is 0 Å². The van der Waals surface area contributed by atoms with E-state index in [1.54, 1.807) is 7.11 Å². The fraction of sp³-hybridized carbons (Fsp3) is 0.636. The van der Waals surface area contributed by atoms with Gasteiger partial charge in [-0.3, -0.25) is 9.79 Å². The molecule has 1 fully saturated rings. The molecule has 0 heterocycles. The van der Waals surface area contributed by atoms with Crippen LogP contribution >= 0.6 is 24.0 Å². The third-order valence-corrected chi connectivity index (χ3v) is 5.23. The number of nitrogens with one attached hydrogen (secondary N) is 3. The molecule has 3 N–H and O–H groups in total. The van der Waals surface area contributed by atoms with Gasteiger partial charge in [0, 0.05) is 32.1 Å². The number of methoxy groups -OCH3 is 1. The summed E-state index contributed by atoms with van der Waals surface area (Å²) in [5.74, 6) is 2.21. The first kappa shape index (κ1) is 25.5. The second-order valence-electron chi connectivity index (χ2n) is 7.45. The molecule has 0 radical (unpaired) electrons. The molecule has 1 amide bonds. The molecule has 2 rings (SSSR count). The molecule has 0 aromatic heterocycles. The Kier molecular flexibility index (Phi) is 12.7. The molecule has 0 bridgehead atoms. The topological polar surface area (TPSA) is 74.8 Å². The minimum absolute atomic E-state index is 0. The van der Waals surface area contributed by atoms with Gasteiger partial charge in [0.25, 0.3) is 0 Å². The second-order valence-corrected chi connectivity index (χ2v) is 7.45. The average Bonchev–Trinajstić information content (AvgIpc) is 3.21. The first-order chi connectivity index (χ1) is 13.6. The highest BCUT2D eigenvalue weighted by molar-refractivity contribution is 14.0. The van der Waals surface area contributed by atoms with Crippen LogP contribution in [0.15, 0.2) is 29.3 Å². The van der Waals surface area contributed by atoms with Crippen LogP contribution in [0.5, 0.6) is 5.75 Å². The lowest BCUT2D eigenvalue weighted by molar-refractivity contribution is -0.121. The van der Waals surface area contributed by atoms with Crippen LogP contribution in [0.4, 0.5) is 0 Å². The van der Waals surface area contributed by atoms with Crippen molar-refractivity contribution in [2.24, 2.45) is 4.99 Å². The van der Waals surface area contributed by atoms with Crippen LogP contribution in [-0.2, 0) is 4.79 Å². The van der Waals surface area contributed by atoms with E-state index in [4.69, 9.17) is 4.74 Å². The number of guanidine groups is 1. The zero-order valence-electron chi connectivity index (χ0n) is 18.0. The Balaban J connectivity index is 0.00000420. The lowest BCUT2D eigenvalue weighted by Gasteiger charge is -2.15. The summed E-state index contributed by atoms with van der Waals surface area (Å²) < 4.78 is 5.21. The highest BCUT2D eigenvalue weighted by atomic mass is 127. The zero-order chi connectivity index (χ0) is 20.2. The van der Waals surface area contributed by atoms with Gasteiger partial charge in [-0.05, 0) is 49.8 Å². The highest BCUT2D eigenvalue weighted by Gasteiger charge is 2.16. The van der Waals surface area contributed by atoms with Crippen LogP contribution in [0.25, 0.3) is 0 Å². The number of carbonyl (C=O) groups excluding carboxylic acids is 1. The number of halogens is 1. The lowest BCUT2D eigenvalue weighted by atomic mass is 9.98. The second kappa shape index (κ2) is 14.5. The number of amides is 1. The van der Waals surface area contributed by atoms with Crippen molar-refractivity contribution in [2.45, 2.75) is 64.3 Å². The Morgan fingerprint density at radius 2 is 1.90 bits per heavy atom. The van der Waals surface area contributed by atoms with E-state index in [0.29, 0.717) is 24.9 Å². The van der Waals surface area contributed by atoms with Crippen molar-refractivity contribution >= 4 is 35.8 Å². The van der Waals surface area contributed by atoms with Crippen molar-refractivity contribution in [3.8, 4) is 5.75 Å². The Hall–Kier alpha value is -1.51. The van der Waals surface area contributed by atoms with Crippen molar-refractivity contribution in [1.29, 1.82) is 0 Å². The average molecular weight is 516 g/mol. The molecule has 1 aliphatic rings. The maximum Gasteiger partial charge on any atom is 0.221 e. The minimum atomic E-state index is 0. The van der Waals surface area contributed by atoms with Gasteiger partial charge in [-0.15, -0.1) is 24.0 Å². The van der Waals surface area contributed by atoms with Crippen LogP contribution in [-0.4, -0.2) is 44.7 Å². The molecule has 1 unspecified atom stereocenters. The van der Waals surface area contributed by atoms with E-state index in [9.17, 15) is 4.79 Å². The quantitative estimate of drug-likeness (QED) is 0.251. The van der Waals surface area contributed by atoms with Gasteiger partial charge in [-0.1, -0.05) is 31.9 Å². The molecule has 1 aromatic carbocycles. The number of hydrogen-bond acceptors (Lipinski definition) is 3. The van der Waals surface area contributed by atoms with Crippen molar-refractivity contribution in [3.63, 3.8) is 0 Å². The molecule has 164 valence electrons. The van der Waals surface area contributed by atoms with E-state index in [1.165, 1.54) is 18.4 Å². The standard InChI is InChI=1S/C22H36N4O2.HI/c1-4-23-22(25-16-14-21(27)26-19-7-5-6-8-19)24-15-13-17(2)18-9-11-20(28-3)12-10-18;/h9-12,17,19H,4-8,13-16H2,1-3H3,(H,26,27)(H2,23,24,25);1H. The monoisotopic (exact) mass is 516 g/mol. The fourth-order valence-corrected chi connectivity index (χ4v) is 3.48. The van der Waals surface area contributed by atoms with Gasteiger partial charge in [0.15, 0.2) is 5.96 Å². The van der Waals surface area contributed by atoms with E-state index >= 15 is 0 Å². The van der Waals surface area contributed by atoms with Crippen LogP contribution in [0.1, 0.15) is 63.9 Å². The van der Waals surface area contributed by atoms with Gasteiger partial charge < -0.3 is 20.7 Å². The van der Waals surface area contributed by atoms with Crippen LogP contribution < -0.4 is 20.7 Å². The number of nitrogens with zero attached hydrogens (tertiary/aromatic N) is 1. The molecule has 7 heteroatoms. The van der Waals surface area contributed by atoms with Gasteiger partial charge in [-0.25, -0.2) is 0 Å². The highest BCUT2D eigenvalue weighted by Crippen LogP contribution is 2.21. The number of hydrogen-bond donors (Lipinski definition) is 3. The number of benzene rings is 1. The van der Waals surface area contributed by atoms with Crippen LogP contribution in [0, 0.1) is 0 Å². The SMILES string of the molecule is CCNC(=NCCC(C)c1ccc(OC)cc1)NCCC(=O)NC1CCCC1.I. The van der Waals surface area contributed by atoms with Gasteiger partial charge >= 0.3 is 0 Å². The first-order valence-electron chi connectivity index (χ1n) is 10.6. The predicted molar refractivity (Wildman–Crippen MR) is 130 cm³/mol. The van der Waals surface area contributed by atoms with E-state index in [-0.39, 0.29) is 29.9 Å².